The second-order valence-corrected chi connectivity index (χ2v) is 5.57. The third kappa shape index (κ3) is 3.13. The van der Waals surface area contributed by atoms with Crippen LogP contribution in [0.15, 0.2) is 16.6 Å². The summed E-state index contributed by atoms with van der Waals surface area (Å²) in [5.41, 5.74) is 7.35. The highest BCUT2D eigenvalue weighted by Gasteiger charge is 2.28. The molecule has 0 fully saturated rings. The van der Waals surface area contributed by atoms with Gasteiger partial charge < -0.3 is 20.7 Å². The highest BCUT2D eigenvalue weighted by Crippen LogP contribution is 2.37. The van der Waals surface area contributed by atoms with E-state index in [4.69, 9.17) is 10.5 Å². The van der Waals surface area contributed by atoms with Crippen LogP contribution in [0, 0.1) is 0 Å². The van der Waals surface area contributed by atoms with Crippen molar-refractivity contribution in [3.8, 4) is 5.75 Å². The topological polar surface area (TPSA) is 67.6 Å². The van der Waals surface area contributed by atoms with E-state index < -0.39 is 6.04 Å². The molecule has 1 aromatic carbocycles. The minimum absolute atomic E-state index is 0.174. The Bertz CT molecular complexity index is 503. The van der Waals surface area contributed by atoms with Crippen molar-refractivity contribution in [3.05, 3.63) is 22.2 Å². The largest absolute Gasteiger partial charge is 0.491 e. The number of carbonyl (C=O) groups excluding carboxylic acids is 1. The molecule has 110 valence electrons. The number of nitrogens with one attached hydrogen (secondary N) is 1. The second kappa shape index (κ2) is 6.56. The molecule has 1 heterocycles. The number of anilines is 1. The van der Waals surface area contributed by atoms with Crippen molar-refractivity contribution in [2.45, 2.75) is 19.9 Å². The van der Waals surface area contributed by atoms with E-state index >= 15 is 0 Å². The Morgan fingerprint density at radius 2 is 2.10 bits per heavy atom. The molecular formula is C14H20BrN3O2. The lowest BCUT2D eigenvalue weighted by Crippen LogP contribution is -2.27. The molecule has 1 aromatic rings. The Hall–Kier alpha value is -1.11. The Morgan fingerprint density at radius 3 is 2.75 bits per heavy atom. The Balaban J connectivity index is 2.04. The minimum Gasteiger partial charge on any atom is -0.491 e. The summed E-state index contributed by atoms with van der Waals surface area (Å²) in [6, 6.07) is 3.09. The van der Waals surface area contributed by atoms with E-state index in [1.54, 1.807) is 0 Å². The molecule has 1 aliphatic heterocycles. The number of amides is 1. The van der Waals surface area contributed by atoms with E-state index in [2.05, 4.69) is 40.0 Å². The quantitative estimate of drug-likeness (QED) is 0.831. The number of halogens is 1. The van der Waals surface area contributed by atoms with Crippen LogP contribution in [-0.4, -0.2) is 37.0 Å². The van der Waals surface area contributed by atoms with Crippen LogP contribution < -0.4 is 15.8 Å². The maximum atomic E-state index is 11.5. The smallest absolute Gasteiger partial charge is 0.245 e. The molecule has 1 aliphatic rings. The first-order valence-electron chi connectivity index (χ1n) is 6.81. The molecule has 0 bridgehead atoms. The van der Waals surface area contributed by atoms with Gasteiger partial charge in [0.15, 0.2) is 0 Å². The van der Waals surface area contributed by atoms with Gasteiger partial charge >= 0.3 is 0 Å². The number of benzene rings is 1. The molecule has 5 nitrogen and oxygen atoms in total. The monoisotopic (exact) mass is 341 g/mol. The number of hydrogen-bond acceptors (Lipinski definition) is 4. The molecule has 0 saturated carbocycles. The Morgan fingerprint density at radius 1 is 1.40 bits per heavy atom. The molecule has 3 N–H and O–H groups in total. The highest BCUT2D eigenvalue weighted by molar-refractivity contribution is 9.10. The number of nitrogens with two attached hydrogens (primary N) is 1. The number of ether oxygens (including phenoxy) is 1. The SMILES string of the molecule is CCN(CC)CCOc1cc2c(cc1Br)C(N)C(=O)N2. The standard InChI is InChI=1S/C14H20BrN3O2/c1-3-18(4-2)5-6-20-12-8-11-9(7-10(12)15)13(16)14(19)17-11/h7-8,13H,3-6,16H2,1-2H3,(H,17,19). The summed E-state index contributed by atoms with van der Waals surface area (Å²) in [6.07, 6.45) is 0. The Labute approximate surface area is 127 Å². The van der Waals surface area contributed by atoms with E-state index in [1.807, 2.05) is 12.1 Å². The number of carbonyl (C=O) groups is 1. The third-order valence-electron chi connectivity index (χ3n) is 3.54. The zero-order chi connectivity index (χ0) is 14.7. The summed E-state index contributed by atoms with van der Waals surface area (Å²) in [7, 11) is 0. The number of rotatable bonds is 6. The predicted molar refractivity (Wildman–Crippen MR) is 83.0 cm³/mol. The van der Waals surface area contributed by atoms with Crippen LogP contribution in [0.3, 0.4) is 0 Å². The molecule has 0 saturated heterocycles. The van der Waals surface area contributed by atoms with Crippen LogP contribution in [0.1, 0.15) is 25.5 Å². The fourth-order valence-electron chi connectivity index (χ4n) is 2.22. The second-order valence-electron chi connectivity index (χ2n) is 4.71. The van der Waals surface area contributed by atoms with Crippen LogP contribution in [0.25, 0.3) is 0 Å². The molecule has 6 heteroatoms. The van der Waals surface area contributed by atoms with Gasteiger partial charge in [0.25, 0.3) is 0 Å². The van der Waals surface area contributed by atoms with Crippen molar-refractivity contribution >= 4 is 27.5 Å². The van der Waals surface area contributed by atoms with E-state index in [-0.39, 0.29) is 5.91 Å². The molecule has 2 rings (SSSR count). The lowest BCUT2D eigenvalue weighted by molar-refractivity contribution is -0.116. The van der Waals surface area contributed by atoms with Crippen molar-refractivity contribution in [1.82, 2.24) is 4.90 Å². The van der Waals surface area contributed by atoms with Gasteiger partial charge in [-0.25, -0.2) is 0 Å². The first-order valence-corrected chi connectivity index (χ1v) is 7.61. The summed E-state index contributed by atoms with van der Waals surface area (Å²) < 4.78 is 6.61. The van der Waals surface area contributed by atoms with Crippen LogP contribution >= 0.6 is 15.9 Å². The predicted octanol–water partition coefficient (Wildman–Crippen LogP) is 2.12. The lowest BCUT2D eigenvalue weighted by Gasteiger charge is -2.18. The van der Waals surface area contributed by atoms with Crippen molar-refractivity contribution in [1.29, 1.82) is 0 Å². The summed E-state index contributed by atoms with van der Waals surface area (Å²) in [5.74, 6) is 0.553. The maximum absolute atomic E-state index is 11.5. The minimum atomic E-state index is -0.592. The van der Waals surface area contributed by atoms with Gasteiger partial charge in [-0.1, -0.05) is 13.8 Å². The molecule has 0 radical (unpaired) electrons. The van der Waals surface area contributed by atoms with Crippen molar-refractivity contribution < 1.29 is 9.53 Å². The molecule has 20 heavy (non-hydrogen) atoms. The van der Waals surface area contributed by atoms with Gasteiger partial charge in [-0.3, -0.25) is 4.79 Å². The van der Waals surface area contributed by atoms with E-state index in [1.165, 1.54) is 0 Å². The molecule has 1 amide bonds. The van der Waals surface area contributed by atoms with Crippen molar-refractivity contribution in [2.24, 2.45) is 5.73 Å². The van der Waals surface area contributed by atoms with Crippen LogP contribution in [-0.2, 0) is 4.79 Å². The molecule has 1 atom stereocenters. The van der Waals surface area contributed by atoms with Gasteiger partial charge in [0.2, 0.25) is 5.91 Å². The van der Waals surface area contributed by atoms with Crippen molar-refractivity contribution in [3.63, 3.8) is 0 Å². The van der Waals surface area contributed by atoms with Gasteiger partial charge in [-0.05, 0) is 35.1 Å². The average molecular weight is 342 g/mol. The zero-order valence-electron chi connectivity index (χ0n) is 11.8. The molecule has 0 aromatic heterocycles. The normalized spacial score (nSPS) is 17.2. The van der Waals surface area contributed by atoms with E-state index in [0.29, 0.717) is 6.61 Å². The van der Waals surface area contributed by atoms with Gasteiger partial charge in [0, 0.05) is 23.9 Å². The molecule has 1 unspecified atom stereocenters. The summed E-state index contributed by atoms with van der Waals surface area (Å²) in [6.45, 7) is 7.77. The van der Waals surface area contributed by atoms with Crippen molar-refractivity contribution in [2.75, 3.05) is 31.6 Å². The van der Waals surface area contributed by atoms with Crippen LogP contribution in [0.4, 0.5) is 5.69 Å². The number of likely N-dealkylation sites (N-methyl/N-ethyl adjacent to an activating group) is 1. The third-order valence-corrected chi connectivity index (χ3v) is 4.16. The zero-order valence-corrected chi connectivity index (χ0v) is 13.4. The van der Waals surface area contributed by atoms with Gasteiger partial charge in [-0.15, -0.1) is 0 Å². The summed E-state index contributed by atoms with van der Waals surface area (Å²) >= 11 is 3.47. The van der Waals surface area contributed by atoms with Crippen LogP contribution in [0.5, 0.6) is 5.75 Å². The molecule has 0 spiro atoms. The fourth-order valence-corrected chi connectivity index (χ4v) is 2.70. The maximum Gasteiger partial charge on any atom is 0.245 e. The first kappa shape index (κ1) is 15.3. The summed E-state index contributed by atoms with van der Waals surface area (Å²) in [4.78, 5) is 13.8. The van der Waals surface area contributed by atoms with Gasteiger partial charge in [0.05, 0.1) is 4.47 Å². The summed E-state index contributed by atoms with van der Waals surface area (Å²) in [5, 5.41) is 2.76. The van der Waals surface area contributed by atoms with Crippen LogP contribution in [0.2, 0.25) is 0 Å². The van der Waals surface area contributed by atoms with E-state index in [0.717, 1.165) is 41.1 Å². The highest BCUT2D eigenvalue weighted by atomic mass is 79.9. The number of nitrogens with zero attached hydrogens (tertiary/aromatic N) is 1. The van der Waals surface area contributed by atoms with E-state index in [9.17, 15) is 4.79 Å². The number of fused-ring (bicyclic) bond motifs is 1. The average Bonchev–Trinajstić information content (AvgIpc) is 2.70. The fraction of sp³-hybridized carbons (Fsp3) is 0.500. The van der Waals surface area contributed by atoms with Gasteiger partial charge in [-0.2, -0.15) is 0 Å². The first-order chi connectivity index (χ1) is 9.56. The Kier molecular flexibility index (Phi) is 5.01. The molecular weight excluding hydrogens is 322 g/mol. The number of hydrogen-bond donors (Lipinski definition) is 2. The molecule has 0 aliphatic carbocycles. The van der Waals surface area contributed by atoms with Gasteiger partial charge in [0.1, 0.15) is 18.4 Å². The lowest BCUT2D eigenvalue weighted by atomic mass is 10.1.